The van der Waals surface area contributed by atoms with E-state index in [0.717, 1.165) is 12.1 Å². The summed E-state index contributed by atoms with van der Waals surface area (Å²) in [5.41, 5.74) is 0.167. The lowest BCUT2D eigenvalue weighted by Gasteiger charge is -2.03. The Bertz CT molecular complexity index is 509. The van der Waals surface area contributed by atoms with E-state index in [-0.39, 0.29) is 11.4 Å². The first-order chi connectivity index (χ1) is 7.66. The molecule has 0 bridgehead atoms. The monoisotopic (exact) mass is 223 g/mol. The molecule has 0 radical (unpaired) electrons. The molecule has 0 saturated carbocycles. The smallest absolute Gasteiger partial charge is 0.291 e. The molecule has 16 heavy (non-hydrogen) atoms. The molecule has 1 aromatic carbocycles. The van der Waals surface area contributed by atoms with E-state index >= 15 is 0 Å². The normalized spacial score (nSPS) is 10.1. The molecule has 0 saturated heterocycles. The third-order valence-corrected chi connectivity index (χ3v) is 1.92. The molecule has 1 heterocycles. The third kappa shape index (κ3) is 2.08. The van der Waals surface area contributed by atoms with Gasteiger partial charge in [0.2, 0.25) is 0 Å². The Morgan fingerprint density at radius 1 is 1.19 bits per heavy atom. The number of carbonyl (C=O) groups is 1. The van der Waals surface area contributed by atoms with Crippen molar-refractivity contribution in [2.45, 2.75) is 0 Å². The van der Waals surface area contributed by atoms with Crippen LogP contribution in [0.5, 0.6) is 0 Å². The van der Waals surface area contributed by atoms with Crippen LogP contribution in [-0.2, 0) is 0 Å². The van der Waals surface area contributed by atoms with E-state index in [1.54, 1.807) is 6.07 Å². The largest absolute Gasteiger partial charge is 0.459 e. The highest BCUT2D eigenvalue weighted by Gasteiger charge is 2.10. The van der Waals surface area contributed by atoms with Crippen LogP contribution < -0.4 is 5.32 Å². The van der Waals surface area contributed by atoms with Crippen molar-refractivity contribution in [2.24, 2.45) is 0 Å². The zero-order chi connectivity index (χ0) is 11.5. The van der Waals surface area contributed by atoms with Gasteiger partial charge in [-0.2, -0.15) is 0 Å². The number of hydrogen-bond acceptors (Lipinski definition) is 2. The lowest BCUT2D eigenvalue weighted by molar-refractivity contribution is 0.0996. The summed E-state index contributed by atoms with van der Waals surface area (Å²) < 4.78 is 30.3. The van der Waals surface area contributed by atoms with Crippen LogP contribution in [0.1, 0.15) is 10.6 Å². The standard InChI is InChI=1S/C11H7F2NO2/c12-8-4-3-7(6-9(8)13)14-11(15)10-2-1-5-16-10/h1-6H,(H,14,15). The van der Waals surface area contributed by atoms with Crippen molar-refractivity contribution in [2.75, 3.05) is 5.32 Å². The second kappa shape index (κ2) is 4.14. The van der Waals surface area contributed by atoms with Crippen molar-refractivity contribution in [3.05, 3.63) is 54.0 Å². The van der Waals surface area contributed by atoms with Gasteiger partial charge in [-0.15, -0.1) is 0 Å². The fraction of sp³-hybridized carbons (Fsp3) is 0. The van der Waals surface area contributed by atoms with Gasteiger partial charge in [-0.3, -0.25) is 4.79 Å². The van der Waals surface area contributed by atoms with Gasteiger partial charge in [-0.25, -0.2) is 8.78 Å². The first-order valence-corrected chi connectivity index (χ1v) is 4.47. The topological polar surface area (TPSA) is 42.2 Å². The molecule has 0 atom stereocenters. The minimum atomic E-state index is -1.02. The first-order valence-electron chi connectivity index (χ1n) is 4.47. The summed E-state index contributed by atoms with van der Waals surface area (Å²) >= 11 is 0. The van der Waals surface area contributed by atoms with Crippen LogP contribution in [0.25, 0.3) is 0 Å². The summed E-state index contributed by atoms with van der Waals surface area (Å²) in [6, 6.07) is 6.12. The number of rotatable bonds is 2. The van der Waals surface area contributed by atoms with Crippen LogP contribution in [0.4, 0.5) is 14.5 Å². The van der Waals surface area contributed by atoms with E-state index < -0.39 is 17.5 Å². The lowest BCUT2D eigenvalue weighted by atomic mass is 10.3. The summed E-state index contributed by atoms with van der Waals surface area (Å²) in [6.45, 7) is 0. The second-order valence-corrected chi connectivity index (χ2v) is 3.06. The highest BCUT2D eigenvalue weighted by atomic mass is 19.2. The molecule has 0 unspecified atom stereocenters. The SMILES string of the molecule is O=C(Nc1ccc(F)c(F)c1)c1ccco1. The van der Waals surface area contributed by atoms with Crippen LogP contribution in [0, 0.1) is 11.6 Å². The van der Waals surface area contributed by atoms with Crippen LogP contribution in [-0.4, -0.2) is 5.91 Å². The number of furan rings is 1. The Balaban J connectivity index is 2.15. The zero-order valence-electron chi connectivity index (χ0n) is 8.04. The first kappa shape index (κ1) is 10.4. The van der Waals surface area contributed by atoms with Gasteiger partial charge in [0.15, 0.2) is 17.4 Å². The van der Waals surface area contributed by atoms with E-state index in [0.29, 0.717) is 0 Å². The van der Waals surface area contributed by atoms with E-state index in [9.17, 15) is 13.6 Å². The van der Waals surface area contributed by atoms with Crippen LogP contribution >= 0.6 is 0 Å². The van der Waals surface area contributed by atoms with Gasteiger partial charge in [-0.05, 0) is 24.3 Å². The van der Waals surface area contributed by atoms with Gasteiger partial charge >= 0.3 is 0 Å². The number of anilines is 1. The average Bonchev–Trinajstić information content (AvgIpc) is 2.77. The quantitative estimate of drug-likeness (QED) is 0.850. The van der Waals surface area contributed by atoms with Gasteiger partial charge in [0.1, 0.15) is 0 Å². The fourth-order valence-electron chi connectivity index (χ4n) is 1.17. The van der Waals surface area contributed by atoms with E-state index in [4.69, 9.17) is 4.42 Å². The van der Waals surface area contributed by atoms with Crippen molar-refractivity contribution in [3.63, 3.8) is 0 Å². The number of halogens is 2. The number of carbonyl (C=O) groups excluding carboxylic acids is 1. The minimum absolute atomic E-state index is 0.102. The number of hydrogen-bond donors (Lipinski definition) is 1. The van der Waals surface area contributed by atoms with E-state index in [1.807, 2.05) is 0 Å². The Labute approximate surface area is 89.7 Å². The Morgan fingerprint density at radius 3 is 2.62 bits per heavy atom. The summed E-state index contributed by atoms with van der Waals surface area (Å²) in [4.78, 5) is 11.5. The minimum Gasteiger partial charge on any atom is -0.459 e. The van der Waals surface area contributed by atoms with Gasteiger partial charge in [0.05, 0.1) is 6.26 Å². The zero-order valence-corrected chi connectivity index (χ0v) is 8.04. The molecule has 0 aliphatic rings. The predicted molar refractivity (Wildman–Crippen MR) is 53.0 cm³/mol. The maximum atomic E-state index is 12.8. The molecule has 0 aliphatic carbocycles. The van der Waals surface area contributed by atoms with Crippen LogP contribution in [0.3, 0.4) is 0 Å². The van der Waals surface area contributed by atoms with Gasteiger partial charge < -0.3 is 9.73 Å². The van der Waals surface area contributed by atoms with Crippen LogP contribution in [0.2, 0.25) is 0 Å². The van der Waals surface area contributed by atoms with Crippen LogP contribution in [0.15, 0.2) is 41.0 Å². The highest BCUT2D eigenvalue weighted by Crippen LogP contribution is 2.14. The van der Waals surface area contributed by atoms with Crippen molar-refractivity contribution < 1.29 is 18.0 Å². The molecule has 5 heteroatoms. The predicted octanol–water partition coefficient (Wildman–Crippen LogP) is 2.81. The summed E-state index contributed by atoms with van der Waals surface area (Å²) in [6.07, 6.45) is 1.35. The van der Waals surface area contributed by atoms with Gasteiger partial charge in [0.25, 0.3) is 5.91 Å². The molecule has 1 aromatic heterocycles. The van der Waals surface area contributed by atoms with Crippen molar-refractivity contribution in [1.29, 1.82) is 0 Å². The Morgan fingerprint density at radius 2 is 2.00 bits per heavy atom. The molecule has 82 valence electrons. The highest BCUT2D eigenvalue weighted by molar-refractivity contribution is 6.02. The van der Waals surface area contributed by atoms with Gasteiger partial charge in [0, 0.05) is 11.8 Å². The number of amides is 1. The summed E-state index contributed by atoms with van der Waals surface area (Å²) in [5, 5.41) is 2.37. The van der Waals surface area contributed by atoms with E-state index in [1.165, 1.54) is 18.4 Å². The molecule has 2 aromatic rings. The van der Waals surface area contributed by atoms with E-state index in [2.05, 4.69) is 5.32 Å². The number of nitrogens with one attached hydrogen (secondary N) is 1. The summed E-state index contributed by atoms with van der Waals surface area (Å²) in [5.74, 6) is -2.39. The lowest BCUT2D eigenvalue weighted by Crippen LogP contribution is -2.11. The number of benzene rings is 1. The molecular formula is C11H7F2NO2. The molecule has 0 fully saturated rings. The van der Waals surface area contributed by atoms with Crippen molar-refractivity contribution >= 4 is 11.6 Å². The Hall–Kier alpha value is -2.17. The maximum Gasteiger partial charge on any atom is 0.291 e. The van der Waals surface area contributed by atoms with Crippen molar-refractivity contribution in [3.8, 4) is 0 Å². The average molecular weight is 223 g/mol. The van der Waals surface area contributed by atoms with Crippen molar-refractivity contribution in [1.82, 2.24) is 0 Å². The molecule has 3 nitrogen and oxygen atoms in total. The third-order valence-electron chi connectivity index (χ3n) is 1.92. The molecule has 0 aliphatic heterocycles. The molecule has 0 spiro atoms. The fourth-order valence-corrected chi connectivity index (χ4v) is 1.17. The van der Waals surface area contributed by atoms with Gasteiger partial charge in [-0.1, -0.05) is 0 Å². The summed E-state index contributed by atoms with van der Waals surface area (Å²) in [7, 11) is 0. The Kier molecular flexibility index (Phi) is 2.68. The molecule has 1 N–H and O–H groups in total. The molecular weight excluding hydrogens is 216 g/mol. The second-order valence-electron chi connectivity index (χ2n) is 3.06. The maximum absolute atomic E-state index is 12.8. The molecule has 1 amide bonds. The molecule has 2 rings (SSSR count).